The van der Waals surface area contributed by atoms with Crippen LogP contribution >= 0.6 is 0 Å². The number of carbonyl (C=O) groups excluding carboxylic acids is 1. The molecule has 0 spiro atoms. The predicted molar refractivity (Wildman–Crippen MR) is 99.3 cm³/mol. The predicted octanol–water partition coefficient (Wildman–Crippen LogP) is 3.24. The molecule has 1 saturated heterocycles. The highest BCUT2D eigenvalue weighted by atomic mass is 16.5. The van der Waals surface area contributed by atoms with Crippen LogP contribution < -0.4 is 4.74 Å². The van der Waals surface area contributed by atoms with Gasteiger partial charge in [-0.25, -0.2) is 0 Å². The molecular formula is C21H25NO4. The summed E-state index contributed by atoms with van der Waals surface area (Å²) in [6.45, 7) is 5.08. The first kappa shape index (κ1) is 18.4. The number of benzene rings is 2. The Kier molecular flexibility index (Phi) is 5.91. The van der Waals surface area contributed by atoms with Crippen LogP contribution in [0, 0.1) is 6.92 Å². The van der Waals surface area contributed by atoms with Crippen molar-refractivity contribution in [2.45, 2.75) is 25.4 Å². The molecule has 3 rings (SSSR count). The fourth-order valence-electron chi connectivity index (χ4n) is 3.32. The molecule has 0 radical (unpaired) electrons. The number of carbonyl (C=O) groups is 1. The maximum absolute atomic E-state index is 11.2. The third kappa shape index (κ3) is 4.42. The van der Waals surface area contributed by atoms with Gasteiger partial charge in [0.05, 0.1) is 5.60 Å². The zero-order valence-electron chi connectivity index (χ0n) is 15.1. The second-order valence-electron chi connectivity index (χ2n) is 6.75. The molecular weight excluding hydrogens is 330 g/mol. The molecule has 1 aliphatic heterocycles. The van der Waals surface area contributed by atoms with E-state index in [1.54, 1.807) is 0 Å². The van der Waals surface area contributed by atoms with Crippen LogP contribution in [-0.4, -0.2) is 42.7 Å². The number of hydrogen-bond donors (Lipinski definition) is 1. The number of likely N-dealkylation sites (tertiary alicyclic amines) is 1. The highest BCUT2D eigenvalue weighted by molar-refractivity contribution is 5.42. The monoisotopic (exact) mass is 355 g/mol. The van der Waals surface area contributed by atoms with E-state index in [0.29, 0.717) is 38.2 Å². The van der Waals surface area contributed by atoms with Gasteiger partial charge in [0.25, 0.3) is 6.47 Å². The molecule has 1 N–H and O–H groups in total. The molecule has 0 aliphatic carbocycles. The molecule has 1 fully saturated rings. The molecule has 1 aliphatic rings. The fraction of sp³-hybridized carbons (Fsp3) is 0.381. The summed E-state index contributed by atoms with van der Waals surface area (Å²) in [7, 11) is 0. The van der Waals surface area contributed by atoms with Crippen LogP contribution in [0.15, 0.2) is 48.5 Å². The van der Waals surface area contributed by atoms with E-state index in [9.17, 15) is 9.90 Å². The topological polar surface area (TPSA) is 59.0 Å². The molecule has 0 unspecified atom stereocenters. The zero-order chi connectivity index (χ0) is 18.4. The second kappa shape index (κ2) is 8.34. The van der Waals surface area contributed by atoms with Gasteiger partial charge < -0.3 is 14.6 Å². The minimum absolute atomic E-state index is 0.384. The summed E-state index contributed by atoms with van der Waals surface area (Å²) in [4.78, 5) is 12.4. The standard InChI is InChI=1S/C21H25NO4/c1-17-6-8-18(9-7-17)26-20-5-3-2-4-19(20)21(24)10-12-22(13-11-21)14-15-25-16-23/h2-9,16,24H,10-15H2,1H3. The van der Waals surface area contributed by atoms with Gasteiger partial charge in [0.2, 0.25) is 0 Å². The minimum Gasteiger partial charge on any atom is -0.467 e. The zero-order valence-corrected chi connectivity index (χ0v) is 15.1. The van der Waals surface area contributed by atoms with Crippen molar-refractivity contribution in [3.8, 4) is 11.5 Å². The van der Waals surface area contributed by atoms with Crippen molar-refractivity contribution in [3.05, 3.63) is 59.7 Å². The van der Waals surface area contributed by atoms with Gasteiger partial charge in [-0.05, 0) is 38.0 Å². The quantitative estimate of drug-likeness (QED) is 0.610. The number of aryl methyl sites for hydroxylation is 1. The van der Waals surface area contributed by atoms with Crippen LogP contribution in [0.25, 0.3) is 0 Å². The average Bonchev–Trinajstić information content (AvgIpc) is 2.66. The van der Waals surface area contributed by atoms with Gasteiger partial charge in [-0.1, -0.05) is 35.9 Å². The van der Waals surface area contributed by atoms with Crippen LogP contribution in [-0.2, 0) is 15.1 Å². The smallest absolute Gasteiger partial charge is 0.293 e. The normalized spacial score (nSPS) is 16.8. The molecule has 5 heteroatoms. The van der Waals surface area contributed by atoms with Crippen molar-refractivity contribution >= 4 is 6.47 Å². The first-order chi connectivity index (χ1) is 12.6. The van der Waals surface area contributed by atoms with Gasteiger partial charge in [0, 0.05) is 25.2 Å². The lowest BCUT2D eigenvalue weighted by Crippen LogP contribution is -2.43. The Morgan fingerprint density at radius 3 is 2.50 bits per heavy atom. The maximum atomic E-state index is 11.2. The van der Waals surface area contributed by atoms with Crippen molar-refractivity contribution < 1.29 is 19.4 Å². The van der Waals surface area contributed by atoms with E-state index in [1.807, 2.05) is 55.5 Å². The van der Waals surface area contributed by atoms with Gasteiger partial charge >= 0.3 is 0 Å². The first-order valence-corrected chi connectivity index (χ1v) is 8.95. The summed E-state index contributed by atoms with van der Waals surface area (Å²) in [6, 6.07) is 15.6. The average molecular weight is 355 g/mol. The largest absolute Gasteiger partial charge is 0.467 e. The van der Waals surface area contributed by atoms with E-state index in [2.05, 4.69) is 4.90 Å². The molecule has 0 bridgehead atoms. The highest BCUT2D eigenvalue weighted by Crippen LogP contribution is 2.39. The molecule has 0 atom stereocenters. The van der Waals surface area contributed by atoms with Crippen LogP contribution in [0.3, 0.4) is 0 Å². The van der Waals surface area contributed by atoms with E-state index >= 15 is 0 Å². The van der Waals surface area contributed by atoms with Gasteiger partial charge in [-0.15, -0.1) is 0 Å². The van der Waals surface area contributed by atoms with E-state index in [4.69, 9.17) is 9.47 Å². The third-order valence-electron chi connectivity index (χ3n) is 4.91. The minimum atomic E-state index is -0.913. The molecule has 2 aromatic rings. The van der Waals surface area contributed by atoms with E-state index in [-0.39, 0.29) is 0 Å². The van der Waals surface area contributed by atoms with Gasteiger partial charge in [-0.2, -0.15) is 0 Å². The number of para-hydroxylation sites is 1. The first-order valence-electron chi connectivity index (χ1n) is 8.95. The molecule has 0 amide bonds. The van der Waals surface area contributed by atoms with Gasteiger partial charge in [-0.3, -0.25) is 9.69 Å². The Balaban J connectivity index is 1.71. The summed E-state index contributed by atoms with van der Waals surface area (Å²) in [5.41, 5.74) is 1.09. The summed E-state index contributed by atoms with van der Waals surface area (Å²) in [6.07, 6.45) is 1.23. The summed E-state index contributed by atoms with van der Waals surface area (Å²) in [5, 5.41) is 11.2. The summed E-state index contributed by atoms with van der Waals surface area (Å²) < 4.78 is 10.8. The van der Waals surface area contributed by atoms with Gasteiger partial charge in [0.15, 0.2) is 0 Å². The van der Waals surface area contributed by atoms with E-state index in [0.717, 1.165) is 24.4 Å². The lowest BCUT2D eigenvalue weighted by atomic mass is 9.84. The molecule has 2 aromatic carbocycles. The van der Waals surface area contributed by atoms with E-state index in [1.165, 1.54) is 5.56 Å². The van der Waals surface area contributed by atoms with Crippen LogP contribution in [0.2, 0.25) is 0 Å². The third-order valence-corrected chi connectivity index (χ3v) is 4.91. The number of rotatable bonds is 7. The second-order valence-corrected chi connectivity index (χ2v) is 6.75. The SMILES string of the molecule is Cc1ccc(Oc2ccccc2C2(O)CCN(CCOC=O)CC2)cc1. The molecule has 1 heterocycles. The Morgan fingerprint density at radius 1 is 1.12 bits per heavy atom. The number of ether oxygens (including phenoxy) is 2. The molecule has 0 saturated carbocycles. The van der Waals surface area contributed by atoms with Crippen molar-refractivity contribution in [3.63, 3.8) is 0 Å². The van der Waals surface area contributed by atoms with Crippen LogP contribution in [0.4, 0.5) is 0 Å². The Labute approximate surface area is 154 Å². The summed E-state index contributed by atoms with van der Waals surface area (Å²) >= 11 is 0. The van der Waals surface area contributed by atoms with Crippen LogP contribution in [0.5, 0.6) is 11.5 Å². The van der Waals surface area contributed by atoms with Gasteiger partial charge in [0.1, 0.15) is 18.1 Å². The van der Waals surface area contributed by atoms with Crippen molar-refractivity contribution in [2.75, 3.05) is 26.2 Å². The molecule has 5 nitrogen and oxygen atoms in total. The fourth-order valence-corrected chi connectivity index (χ4v) is 3.32. The van der Waals surface area contributed by atoms with Crippen molar-refractivity contribution in [2.24, 2.45) is 0 Å². The molecule has 26 heavy (non-hydrogen) atoms. The van der Waals surface area contributed by atoms with Crippen molar-refractivity contribution in [1.29, 1.82) is 0 Å². The Hall–Kier alpha value is -2.37. The Bertz CT molecular complexity index is 721. The number of piperidine rings is 1. The number of nitrogens with zero attached hydrogens (tertiary/aromatic N) is 1. The Morgan fingerprint density at radius 2 is 1.81 bits per heavy atom. The van der Waals surface area contributed by atoms with Crippen molar-refractivity contribution in [1.82, 2.24) is 4.90 Å². The maximum Gasteiger partial charge on any atom is 0.293 e. The van der Waals surface area contributed by atoms with Crippen LogP contribution in [0.1, 0.15) is 24.0 Å². The van der Waals surface area contributed by atoms with E-state index < -0.39 is 5.60 Å². The summed E-state index contributed by atoms with van der Waals surface area (Å²) in [5.74, 6) is 1.45. The number of aliphatic hydroxyl groups is 1. The molecule has 0 aromatic heterocycles. The number of hydrogen-bond acceptors (Lipinski definition) is 5. The lowest BCUT2D eigenvalue weighted by Gasteiger charge is -2.39. The molecule has 138 valence electrons. The lowest BCUT2D eigenvalue weighted by molar-refractivity contribution is -0.129. The highest BCUT2D eigenvalue weighted by Gasteiger charge is 2.36.